The lowest BCUT2D eigenvalue weighted by Crippen LogP contribution is -2.19. The van der Waals surface area contributed by atoms with E-state index in [2.05, 4.69) is 26.1 Å². The number of nitrogens with one attached hydrogen (secondary N) is 1. The fraction of sp³-hybridized carbons (Fsp3) is 0.733. The molecule has 1 rings (SSSR count). The molecule has 0 unspecified atom stereocenters. The lowest BCUT2D eigenvalue weighted by molar-refractivity contribution is 0.200. The Hall–Kier alpha value is -1.00. The topological polar surface area (TPSA) is 47.0 Å². The standard InChI is InChI=1S/C15H27N3O/c1-5-13-12(8-10-16-7-3)14(6-2)18-15(17-13)9-11-19-4/h16H,5-11H2,1-4H3. The Morgan fingerprint density at radius 1 is 1.00 bits per heavy atom. The molecular weight excluding hydrogens is 238 g/mol. The smallest absolute Gasteiger partial charge is 0.131 e. The van der Waals surface area contributed by atoms with E-state index in [-0.39, 0.29) is 0 Å². The first-order valence-electron chi connectivity index (χ1n) is 7.33. The molecule has 1 N–H and O–H groups in total. The quantitative estimate of drug-likeness (QED) is 0.693. The van der Waals surface area contributed by atoms with E-state index in [1.54, 1.807) is 7.11 Å². The first-order chi connectivity index (χ1) is 9.26. The fourth-order valence-corrected chi connectivity index (χ4v) is 2.21. The summed E-state index contributed by atoms with van der Waals surface area (Å²) in [4.78, 5) is 9.39. The molecule has 0 radical (unpaired) electrons. The maximum Gasteiger partial charge on any atom is 0.131 e. The van der Waals surface area contributed by atoms with Crippen LogP contribution in [-0.4, -0.2) is 36.8 Å². The molecule has 0 saturated heterocycles. The van der Waals surface area contributed by atoms with E-state index in [0.29, 0.717) is 6.61 Å². The van der Waals surface area contributed by atoms with Crippen LogP contribution in [-0.2, 0) is 30.4 Å². The molecular formula is C15H27N3O. The number of likely N-dealkylation sites (N-methyl/N-ethyl adjacent to an activating group) is 1. The third-order valence-electron chi connectivity index (χ3n) is 3.23. The van der Waals surface area contributed by atoms with E-state index in [1.807, 2.05) is 0 Å². The Morgan fingerprint density at radius 3 is 2.11 bits per heavy atom. The highest BCUT2D eigenvalue weighted by atomic mass is 16.5. The average molecular weight is 265 g/mol. The number of nitrogens with zero attached hydrogens (tertiary/aromatic N) is 2. The summed E-state index contributed by atoms with van der Waals surface area (Å²) in [5.74, 6) is 0.919. The molecule has 4 nitrogen and oxygen atoms in total. The number of hydrogen-bond acceptors (Lipinski definition) is 4. The number of ether oxygens (including phenoxy) is 1. The van der Waals surface area contributed by atoms with Gasteiger partial charge in [-0.2, -0.15) is 0 Å². The van der Waals surface area contributed by atoms with Gasteiger partial charge in [-0.25, -0.2) is 9.97 Å². The minimum absolute atomic E-state index is 0.684. The van der Waals surface area contributed by atoms with Crippen LogP contribution in [0.3, 0.4) is 0 Å². The van der Waals surface area contributed by atoms with Gasteiger partial charge in [-0.3, -0.25) is 0 Å². The Bertz CT molecular complexity index is 355. The molecule has 0 aliphatic carbocycles. The van der Waals surface area contributed by atoms with Crippen LogP contribution in [0.2, 0.25) is 0 Å². The van der Waals surface area contributed by atoms with E-state index < -0.39 is 0 Å². The van der Waals surface area contributed by atoms with Crippen LogP contribution in [0.25, 0.3) is 0 Å². The van der Waals surface area contributed by atoms with E-state index in [4.69, 9.17) is 14.7 Å². The summed E-state index contributed by atoms with van der Waals surface area (Å²) in [5, 5.41) is 3.37. The van der Waals surface area contributed by atoms with Gasteiger partial charge in [0.25, 0.3) is 0 Å². The molecule has 0 saturated carbocycles. The third kappa shape index (κ3) is 4.88. The predicted octanol–water partition coefficient (Wildman–Crippen LogP) is 1.94. The van der Waals surface area contributed by atoms with Crippen molar-refractivity contribution in [1.29, 1.82) is 0 Å². The van der Waals surface area contributed by atoms with Crippen LogP contribution in [0.4, 0.5) is 0 Å². The normalized spacial score (nSPS) is 10.9. The highest BCUT2D eigenvalue weighted by Gasteiger charge is 2.11. The summed E-state index contributed by atoms with van der Waals surface area (Å²) < 4.78 is 5.11. The van der Waals surface area contributed by atoms with Gasteiger partial charge in [0.2, 0.25) is 0 Å². The summed E-state index contributed by atoms with van der Waals surface area (Å²) >= 11 is 0. The molecule has 0 aromatic carbocycles. The lowest BCUT2D eigenvalue weighted by atomic mass is 10.0. The van der Waals surface area contributed by atoms with Crippen molar-refractivity contribution in [3.63, 3.8) is 0 Å². The van der Waals surface area contributed by atoms with Crippen molar-refractivity contribution < 1.29 is 4.74 Å². The predicted molar refractivity (Wildman–Crippen MR) is 78.6 cm³/mol. The molecule has 19 heavy (non-hydrogen) atoms. The van der Waals surface area contributed by atoms with Crippen LogP contribution in [0, 0.1) is 0 Å². The van der Waals surface area contributed by atoms with Gasteiger partial charge in [0.15, 0.2) is 0 Å². The molecule has 1 aromatic heterocycles. The van der Waals surface area contributed by atoms with Crippen molar-refractivity contribution in [3.05, 3.63) is 22.8 Å². The summed E-state index contributed by atoms with van der Waals surface area (Å²) in [6.45, 7) is 9.15. The zero-order valence-corrected chi connectivity index (χ0v) is 12.8. The highest BCUT2D eigenvalue weighted by molar-refractivity contribution is 5.27. The second-order valence-electron chi connectivity index (χ2n) is 4.57. The van der Waals surface area contributed by atoms with Gasteiger partial charge in [0, 0.05) is 24.9 Å². The molecule has 0 bridgehead atoms. The zero-order valence-electron chi connectivity index (χ0n) is 12.8. The van der Waals surface area contributed by atoms with Crippen molar-refractivity contribution >= 4 is 0 Å². The lowest BCUT2D eigenvalue weighted by Gasteiger charge is -2.14. The molecule has 1 aromatic rings. The van der Waals surface area contributed by atoms with Crippen molar-refractivity contribution in [2.45, 2.75) is 46.5 Å². The average Bonchev–Trinajstić information content (AvgIpc) is 2.45. The molecule has 108 valence electrons. The molecule has 0 aliphatic heterocycles. The van der Waals surface area contributed by atoms with E-state index >= 15 is 0 Å². The van der Waals surface area contributed by atoms with Gasteiger partial charge in [-0.05, 0) is 37.9 Å². The van der Waals surface area contributed by atoms with Gasteiger partial charge >= 0.3 is 0 Å². The first-order valence-corrected chi connectivity index (χ1v) is 7.33. The number of methoxy groups -OCH3 is 1. The van der Waals surface area contributed by atoms with Crippen LogP contribution in [0.1, 0.15) is 43.5 Å². The summed E-state index contributed by atoms with van der Waals surface area (Å²) in [6.07, 6.45) is 3.75. The largest absolute Gasteiger partial charge is 0.384 e. The molecule has 0 atom stereocenters. The molecule has 0 fully saturated rings. The second-order valence-corrected chi connectivity index (χ2v) is 4.57. The van der Waals surface area contributed by atoms with E-state index in [0.717, 1.165) is 44.6 Å². The molecule has 1 heterocycles. The van der Waals surface area contributed by atoms with Crippen molar-refractivity contribution in [1.82, 2.24) is 15.3 Å². The van der Waals surface area contributed by atoms with E-state index in [1.165, 1.54) is 17.0 Å². The number of rotatable bonds is 9. The maximum absolute atomic E-state index is 5.11. The molecule has 4 heteroatoms. The zero-order chi connectivity index (χ0) is 14.1. The Kier molecular flexibility index (Phi) is 7.60. The van der Waals surface area contributed by atoms with Crippen LogP contribution < -0.4 is 5.32 Å². The SMILES string of the molecule is CCNCCc1c(CC)nc(CCOC)nc1CC. The maximum atomic E-state index is 5.11. The molecule has 0 aliphatic rings. The van der Waals surface area contributed by atoms with Gasteiger partial charge < -0.3 is 10.1 Å². The summed E-state index contributed by atoms with van der Waals surface area (Å²) in [5.41, 5.74) is 3.75. The minimum atomic E-state index is 0.684. The fourth-order valence-electron chi connectivity index (χ4n) is 2.21. The number of aromatic nitrogens is 2. The number of hydrogen-bond donors (Lipinski definition) is 1. The van der Waals surface area contributed by atoms with Crippen molar-refractivity contribution in [3.8, 4) is 0 Å². The van der Waals surface area contributed by atoms with Crippen molar-refractivity contribution in [2.24, 2.45) is 0 Å². The summed E-state index contributed by atoms with van der Waals surface area (Å²) in [7, 11) is 1.71. The Morgan fingerprint density at radius 2 is 1.63 bits per heavy atom. The van der Waals surface area contributed by atoms with Gasteiger partial charge in [-0.1, -0.05) is 20.8 Å². The highest BCUT2D eigenvalue weighted by Crippen LogP contribution is 2.14. The van der Waals surface area contributed by atoms with E-state index in [9.17, 15) is 0 Å². The van der Waals surface area contributed by atoms with Gasteiger partial charge in [0.05, 0.1) is 6.61 Å². The molecule has 0 spiro atoms. The minimum Gasteiger partial charge on any atom is -0.384 e. The first kappa shape index (κ1) is 16.1. The Balaban J connectivity index is 2.93. The van der Waals surface area contributed by atoms with Crippen LogP contribution >= 0.6 is 0 Å². The summed E-state index contributed by atoms with van der Waals surface area (Å²) in [6, 6.07) is 0. The third-order valence-corrected chi connectivity index (χ3v) is 3.23. The van der Waals surface area contributed by atoms with Gasteiger partial charge in [-0.15, -0.1) is 0 Å². The van der Waals surface area contributed by atoms with Crippen molar-refractivity contribution in [2.75, 3.05) is 26.8 Å². The monoisotopic (exact) mass is 265 g/mol. The van der Waals surface area contributed by atoms with Gasteiger partial charge in [0.1, 0.15) is 5.82 Å². The van der Waals surface area contributed by atoms with Crippen LogP contribution in [0.5, 0.6) is 0 Å². The number of aryl methyl sites for hydroxylation is 2. The molecule has 0 amide bonds. The second kappa shape index (κ2) is 8.99. The Labute approximate surface area is 117 Å². The van der Waals surface area contributed by atoms with Crippen LogP contribution in [0.15, 0.2) is 0 Å².